The van der Waals surface area contributed by atoms with Gasteiger partial charge in [0.25, 0.3) is 0 Å². The third-order valence-electron chi connectivity index (χ3n) is 7.76. The third kappa shape index (κ3) is 3.72. The van der Waals surface area contributed by atoms with E-state index < -0.39 is 34.4 Å². The lowest BCUT2D eigenvalue weighted by Crippen LogP contribution is -2.69. The Kier molecular flexibility index (Phi) is 6.85. The number of fused-ring (bicyclic) bond motifs is 1. The van der Waals surface area contributed by atoms with Gasteiger partial charge in [-0.1, -0.05) is 27.2 Å². The summed E-state index contributed by atoms with van der Waals surface area (Å²) in [5, 5.41) is 22.4. The number of methoxy groups -OCH3 is 2. The zero-order valence-corrected chi connectivity index (χ0v) is 18.5. The van der Waals surface area contributed by atoms with Crippen molar-refractivity contribution in [2.75, 3.05) is 14.2 Å². The first-order valence-corrected chi connectivity index (χ1v) is 10.5. The zero-order valence-electron chi connectivity index (χ0n) is 18.5. The molecule has 0 bridgehead atoms. The van der Waals surface area contributed by atoms with E-state index in [1.807, 2.05) is 27.7 Å². The highest BCUT2D eigenvalue weighted by Crippen LogP contribution is 2.63. The molecule has 166 valence electrons. The summed E-state index contributed by atoms with van der Waals surface area (Å²) in [5.41, 5.74) is -3.59. The van der Waals surface area contributed by atoms with Crippen molar-refractivity contribution in [2.45, 2.75) is 77.9 Å². The second-order valence-electron chi connectivity index (χ2n) is 9.60. The lowest BCUT2D eigenvalue weighted by atomic mass is 9.43. The van der Waals surface area contributed by atoms with Crippen LogP contribution in [0.15, 0.2) is 0 Å². The van der Waals surface area contributed by atoms with E-state index in [0.29, 0.717) is 12.8 Å². The van der Waals surface area contributed by atoms with Gasteiger partial charge in [0.05, 0.1) is 25.7 Å². The maximum Gasteiger partial charge on any atom is 0.340 e. The molecule has 29 heavy (non-hydrogen) atoms. The molecule has 0 spiro atoms. The smallest absolute Gasteiger partial charge is 0.340 e. The fraction of sp³-hybridized carbons (Fsp3) is 0.864. The summed E-state index contributed by atoms with van der Waals surface area (Å²) in [4.78, 5) is 37.7. The summed E-state index contributed by atoms with van der Waals surface area (Å²) in [7, 11) is 2.53. The molecule has 2 aliphatic rings. The molecule has 0 amide bonds. The van der Waals surface area contributed by atoms with E-state index in [4.69, 9.17) is 9.47 Å². The SMILES string of the molecule is COC(=O)[C@@]1(O)[C@H](CCC(=O)C(C)C)[C@@]2(C)CCC[C@@](C)(C(=O)OC)[C@@H]2C[C@@H]1O. The molecule has 7 heteroatoms. The van der Waals surface area contributed by atoms with E-state index in [2.05, 4.69) is 0 Å². The van der Waals surface area contributed by atoms with E-state index in [-0.39, 0.29) is 42.9 Å². The van der Waals surface area contributed by atoms with Crippen LogP contribution >= 0.6 is 0 Å². The Bertz CT molecular complexity index is 660. The molecule has 2 rings (SSSR count). The van der Waals surface area contributed by atoms with Gasteiger partial charge in [0.15, 0.2) is 5.60 Å². The van der Waals surface area contributed by atoms with Crippen LogP contribution in [-0.2, 0) is 23.9 Å². The maximum atomic E-state index is 12.7. The van der Waals surface area contributed by atoms with Crippen LogP contribution in [0.5, 0.6) is 0 Å². The van der Waals surface area contributed by atoms with Gasteiger partial charge in [-0.3, -0.25) is 9.59 Å². The van der Waals surface area contributed by atoms with E-state index in [1.165, 1.54) is 14.2 Å². The van der Waals surface area contributed by atoms with Gasteiger partial charge in [0.1, 0.15) is 5.78 Å². The highest BCUT2D eigenvalue weighted by Gasteiger charge is 2.68. The first kappa shape index (κ1) is 23.8. The van der Waals surface area contributed by atoms with Gasteiger partial charge in [0, 0.05) is 18.3 Å². The number of hydrogen-bond donors (Lipinski definition) is 2. The van der Waals surface area contributed by atoms with Crippen molar-refractivity contribution < 1.29 is 34.1 Å². The molecule has 2 N–H and O–H groups in total. The number of aliphatic hydroxyl groups is 2. The zero-order chi connectivity index (χ0) is 22.2. The Balaban J connectivity index is 2.55. The van der Waals surface area contributed by atoms with E-state index in [0.717, 1.165) is 6.42 Å². The van der Waals surface area contributed by atoms with Crippen molar-refractivity contribution in [3.8, 4) is 0 Å². The summed E-state index contributed by atoms with van der Waals surface area (Å²) in [5.74, 6) is -2.38. The van der Waals surface area contributed by atoms with Gasteiger partial charge >= 0.3 is 11.9 Å². The molecular formula is C22H36O7. The quantitative estimate of drug-likeness (QED) is 0.644. The predicted molar refractivity (Wildman–Crippen MR) is 106 cm³/mol. The van der Waals surface area contributed by atoms with Gasteiger partial charge < -0.3 is 19.7 Å². The number of Topliss-reactive ketones (excluding diaryl/α,β-unsaturated/α-hetero) is 1. The fourth-order valence-corrected chi connectivity index (χ4v) is 6.04. The number of esters is 2. The minimum Gasteiger partial charge on any atom is -0.469 e. The van der Waals surface area contributed by atoms with Gasteiger partial charge in [0.2, 0.25) is 0 Å². The first-order chi connectivity index (χ1) is 13.4. The summed E-state index contributed by atoms with van der Waals surface area (Å²) >= 11 is 0. The molecule has 2 fully saturated rings. The lowest BCUT2D eigenvalue weighted by molar-refractivity contribution is -0.240. The van der Waals surface area contributed by atoms with Crippen LogP contribution in [0.1, 0.15) is 66.2 Å². The molecule has 0 saturated heterocycles. The van der Waals surface area contributed by atoms with Crippen LogP contribution in [0.2, 0.25) is 0 Å². The molecule has 0 aromatic heterocycles. The Hall–Kier alpha value is -1.47. The van der Waals surface area contributed by atoms with Crippen molar-refractivity contribution in [3.05, 3.63) is 0 Å². The Morgan fingerprint density at radius 1 is 1.07 bits per heavy atom. The van der Waals surface area contributed by atoms with Crippen LogP contribution in [0.4, 0.5) is 0 Å². The molecule has 0 aromatic rings. The van der Waals surface area contributed by atoms with Gasteiger partial charge in [-0.05, 0) is 43.9 Å². The summed E-state index contributed by atoms with van der Waals surface area (Å²) in [6.45, 7) is 7.42. The fourth-order valence-electron chi connectivity index (χ4n) is 6.04. The average molecular weight is 413 g/mol. The minimum atomic E-state index is -2.12. The summed E-state index contributed by atoms with van der Waals surface area (Å²) < 4.78 is 9.95. The Morgan fingerprint density at radius 2 is 1.66 bits per heavy atom. The molecule has 0 unspecified atom stereocenters. The normalized spacial score (nSPS) is 39.6. The van der Waals surface area contributed by atoms with E-state index in [1.54, 1.807) is 0 Å². The van der Waals surface area contributed by atoms with Crippen molar-refractivity contribution >= 4 is 17.7 Å². The molecule has 0 aliphatic heterocycles. The van der Waals surface area contributed by atoms with Crippen LogP contribution in [0.25, 0.3) is 0 Å². The number of aliphatic hydroxyl groups excluding tert-OH is 1. The molecule has 0 radical (unpaired) electrons. The van der Waals surface area contributed by atoms with Crippen molar-refractivity contribution in [1.82, 2.24) is 0 Å². The standard InChI is InChI=1S/C22H36O7/c1-13(2)14(23)8-9-15-20(3)10-7-11-21(4,18(25)28-5)16(20)12-17(24)22(15,27)19(26)29-6/h13,15-17,24,27H,7-12H2,1-6H3/t15-,16-,17+,20-,21-,22-/m1/s1. The lowest BCUT2D eigenvalue weighted by Gasteiger charge is -2.61. The second kappa shape index (κ2) is 8.34. The first-order valence-electron chi connectivity index (χ1n) is 10.5. The maximum absolute atomic E-state index is 12.7. The molecule has 7 nitrogen and oxygen atoms in total. The van der Waals surface area contributed by atoms with Crippen LogP contribution < -0.4 is 0 Å². The third-order valence-corrected chi connectivity index (χ3v) is 7.76. The van der Waals surface area contributed by atoms with E-state index in [9.17, 15) is 24.6 Å². The molecular weight excluding hydrogens is 376 g/mol. The van der Waals surface area contributed by atoms with Gasteiger partial charge in [-0.2, -0.15) is 0 Å². The number of carbonyl (C=O) groups is 3. The molecule has 6 atom stereocenters. The van der Waals surface area contributed by atoms with Crippen molar-refractivity contribution in [2.24, 2.45) is 28.6 Å². The number of carbonyl (C=O) groups excluding carboxylic acids is 3. The van der Waals surface area contributed by atoms with E-state index >= 15 is 0 Å². The largest absolute Gasteiger partial charge is 0.469 e. The molecule has 2 aliphatic carbocycles. The summed E-state index contributed by atoms with van der Waals surface area (Å²) in [6.07, 6.45) is 1.13. The number of rotatable bonds is 6. The van der Waals surface area contributed by atoms with Gasteiger partial charge in [-0.15, -0.1) is 0 Å². The molecule has 2 saturated carbocycles. The van der Waals surface area contributed by atoms with Crippen molar-refractivity contribution in [1.29, 1.82) is 0 Å². The van der Waals surface area contributed by atoms with Crippen LogP contribution in [0, 0.1) is 28.6 Å². The predicted octanol–water partition coefficient (Wildman–Crippen LogP) is 2.26. The minimum absolute atomic E-state index is 0.0315. The number of ketones is 1. The number of hydrogen-bond acceptors (Lipinski definition) is 7. The topological polar surface area (TPSA) is 110 Å². The van der Waals surface area contributed by atoms with Crippen LogP contribution in [0.3, 0.4) is 0 Å². The van der Waals surface area contributed by atoms with Gasteiger partial charge in [-0.25, -0.2) is 4.79 Å². The molecule has 0 heterocycles. The highest BCUT2D eigenvalue weighted by molar-refractivity contribution is 5.83. The number of ether oxygens (including phenoxy) is 2. The Morgan fingerprint density at radius 3 is 2.17 bits per heavy atom. The van der Waals surface area contributed by atoms with Crippen molar-refractivity contribution in [3.63, 3.8) is 0 Å². The molecule has 0 aromatic carbocycles. The highest BCUT2D eigenvalue weighted by atomic mass is 16.5. The Labute approximate surface area is 173 Å². The second-order valence-corrected chi connectivity index (χ2v) is 9.60. The van der Waals surface area contributed by atoms with Crippen LogP contribution in [-0.4, -0.2) is 53.9 Å². The average Bonchev–Trinajstić information content (AvgIpc) is 2.67. The monoisotopic (exact) mass is 412 g/mol. The summed E-state index contributed by atoms with van der Waals surface area (Å²) in [6, 6.07) is 0.